The van der Waals surface area contributed by atoms with E-state index in [2.05, 4.69) is 17.2 Å². The smallest absolute Gasteiger partial charge is 0.251 e. The zero-order valence-corrected chi connectivity index (χ0v) is 16.8. The van der Waals surface area contributed by atoms with Crippen LogP contribution in [0.4, 0.5) is 10.1 Å². The van der Waals surface area contributed by atoms with Gasteiger partial charge in [0.15, 0.2) is 0 Å². The lowest BCUT2D eigenvalue weighted by Gasteiger charge is -2.08. The van der Waals surface area contributed by atoms with Crippen molar-refractivity contribution in [2.24, 2.45) is 4.99 Å². The molecule has 0 fully saturated rings. The molecule has 0 aliphatic carbocycles. The lowest BCUT2D eigenvalue weighted by molar-refractivity contribution is 0.0953. The van der Waals surface area contributed by atoms with Crippen molar-refractivity contribution in [3.63, 3.8) is 0 Å². The molecule has 0 saturated heterocycles. The summed E-state index contributed by atoms with van der Waals surface area (Å²) in [4.78, 5) is 23.4. The van der Waals surface area contributed by atoms with Gasteiger partial charge in [-0.05, 0) is 55.0 Å². The molecule has 1 aliphatic heterocycles. The Balaban J connectivity index is 1.79. The van der Waals surface area contributed by atoms with E-state index in [4.69, 9.17) is 4.99 Å². The van der Waals surface area contributed by atoms with Gasteiger partial charge < -0.3 is 5.32 Å². The molecule has 4 nitrogen and oxygen atoms in total. The molecule has 2 heterocycles. The molecule has 1 aliphatic rings. The Morgan fingerprint density at radius 3 is 2.79 bits per heavy atom. The van der Waals surface area contributed by atoms with E-state index in [-0.39, 0.29) is 11.7 Å². The number of fused-ring (bicyclic) bond motifs is 2. The largest absolute Gasteiger partial charge is 0.352 e. The van der Waals surface area contributed by atoms with Crippen molar-refractivity contribution in [3.05, 3.63) is 83.4 Å². The number of hydrogen-bond donors (Lipinski definition) is 1. The highest BCUT2D eigenvalue weighted by Gasteiger charge is 2.21. The van der Waals surface area contributed by atoms with Crippen molar-refractivity contribution in [1.29, 1.82) is 0 Å². The molecule has 0 radical (unpaired) electrons. The van der Waals surface area contributed by atoms with Crippen molar-refractivity contribution in [2.75, 3.05) is 6.54 Å². The highest BCUT2D eigenvalue weighted by atomic mass is 32.2. The minimum Gasteiger partial charge on any atom is -0.352 e. The number of hydrogen-bond acceptors (Lipinski definition) is 4. The monoisotopic (exact) mass is 405 g/mol. The first-order valence-corrected chi connectivity index (χ1v) is 10.4. The summed E-state index contributed by atoms with van der Waals surface area (Å²) in [6.45, 7) is 2.73. The summed E-state index contributed by atoms with van der Waals surface area (Å²) in [7, 11) is 0. The third kappa shape index (κ3) is 4.22. The fraction of sp³-hybridized carbons (Fsp3) is 0.174. The van der Waals surface area contributed by atoms with Crippen LogP contribution in [0.3, 0.4) is 0 Å². The molecule has 29 heavy (non-hydrogen) atoms. The Morgan fingerprint density at radius 1 is 1.10 bits per heavy atom. The summed E-state index contributed by atoms with van der Waals surface area (Å²) in [5.74, 6) is -0.416. The fourth-order valence-electron chi connectivity index (χ4n) is 3.09. The number of rotatable bonds is 5. The van der Waals surface area contributed by atoms with Crippen molar-refractivity contribution < 1.29 is 9.18 Å². The zero-order chi connectivity index (χ0) is 20.2. The minimum atomic E-state index is -0.299. The normalized spacial score (nSPS) is 12.4. The van der Waals surface area contributed by atoms with Crippen molar-refractivity contribution >= 4 is 29.1 Å². The topological polar surface area (TPSA) is 54.4 Å². The molecule has 6 heteroatoms. The molecule has 3 aromatic rings. The number of nitrogens with zero attached hydrogens (tertiary/aromatic N) is 2. The first-order valence-electron chi connectivity index (χ1n) is 9.56. The summed E-state index contributed by atoms with van der Waals surface area (Å²) in [6.07, 6.45) is 3.67. The molecule has 4 rings (SSSR count). The number of benzene rings is 2. The standard InChI is InChI=1S/C23H20FN3OS/c1-2-3-11-26-23(28)15-7-10-20-19(13-15)27-22(18-6-4-5-12-25-18)17-9-8-16(24)14-21(17)29-20/h4-10,12-14H,2-3,11H2,1H3,(H,26,28). The molecule has 1 N–H and O–H groups in total. The highest BCUT2D eigenvalue weighted by molar-refractivity contribution is 7.99. The predicted molar refractivity (Wildman–Crippen MR) is 114 cm³/mol. The van der Waals surface area contributed by atoms with Crippen LogP contribution in [0, 0.1) is 5.82 Å². The van der Waals surface area contributed by atoms with Crippen LogP contribution in [0.25, 0.3) is 0 Å². The number of carbonyl (C=O) groups excluding carboxylic acids is 1. The molecule has 1 aromatic heterocycles. The summed E-state index contributed by atoms with van der Waals surface area (Å²) < 4.78 is 13.9. The molecular formula is C23H20FN3OS. The van der Waals surface area contributed by atoms with Crippen LogP contribution in [0.1, 0.15) is 41.4 Å². The van der Waals surface area contributed by atoms with Crippen LogP contribution in [0.2, 0.25) is 0 Å². The second-order valence-corrected chi connectivity index (χ2v) is 7.79. The first-order chi connectivity index (χ1) is 14.2. The number of aliphatic imine (C=N–C) groups is 1. The van der Waals surface area contributed by atoms with Crippen LogP contribution in [0.5, 0.6) is 0 Å². The van der Waals surface area contributed by atoms with E-state index in [1.54, 1.807) is 24.4 Å². The lowest BCUT2D eigenvalue weighted by atomic mass is 10.1. The van der Waals surface area contributed by atoms with Crippen LogP contribution in [0.15, 0.2) is 75.6 Å². The maximum absolute atomic E-state index is 13.9. The van der Waals surface area contributed by atoms with Gasteiger partial charge in [0.2, 0.25) is 0 Å². The second-order valence-electron chi connectivity index (χ2n) is 6.71. The van der Waals surface area contributed by atoms with Gasteiger partial charge >= 0.3 is 0 Å². The third-order valence-electron chi connectivity index (χ3n) is 4.60. The number of aromatic nitrogens is 1. The Bertz CT molecular complexity index is 1080. The molecule has 0 unspecified atom stereocenters. The number of amides is 1. The molecule has 0 atom stereocenters. The number of halogens is 1. The number of pyridine rings is 1. The average molecular weight is 405 g/mol. The van der Waals surface area contributed by atoms with E-state index in [9.17, 15) is 9.18 Å². The van der Waals surface area contributed by atoms with Crippen LogP contribution in [-0.4, -0.2) is 23.1 Å². The van der Waals surface area contributed by atoms with E-state index in [1.807, 2.05) is 24.3 Å². The average Bonchev–Trinajstić information content (AvgIpc) is 2.90. The van der Waals surface area contributed by atoms with E-state index < -0.39 is 0 Å². The minimum absolute atomic E-state index is 0.117. The summed E-state index contributed by atoms with van der Waals surface area (Å²) in [5.41, 5.74) is 3.42. The van der Waals surface area contributed by atoms with Crippen molar-refractivity contribution in [2.45, 2.75) is 29.6 Å². The molecular weight excluding hydrogens is 385 g/mol. The van der Waals surface area contributed by atoms with Crippen LogP contribution >= 0.6 is 11.8 Å². The Kier molecular flexibility index (Phi) is 5.71. The van der Waals surface area contributed by atoms with E-state index in [0.29, 0.717) is 29.2 Å². The first kappa shape index (κ1) is 19.3. The molecule has 0 saturated carbocycles. The Labute approximate surface area is 173 Å². The lowest BCUT2D eigenvalue weighted by Crippen LogP contribution is -2.24. The van der Waals surface area contributed by atoms with E-state index in [1.165, 1.54) is 23.9 Å². The SMILES string of the molecule is CCCCNC(=O)c1ccc2c(c1)N=C(c1ccccn1)c1ccc(F)cc1S2. The fourth-order valence-corrected chi connectivity index (χ4v) is 4.11. The molecule has 2 aromatic carbocycles. The molecule has 0 spiro atoms. The van der Waals surface area contributed by atoms with Gasteiger partial charge in [-0.1, -0.05) is 31.2 Å². The second kappa shape index (κ2) is 8.57. The van der Waals surface area contributed by atoms with Gasteiger partial charge in [-0.3, -0.25) is 9.78 Å². The summed E-state index contributed by atoms with van der Waals surface area (Å²) in [6, 6.07) is 15.7. The quantitative estimate of drug-likeness (QED) is 0.453. The van der Waals surface area contributed by atoms with Gasteiger partial charge in [0.25, 0.3) is 5.91 Å². The van der Waals surface area contributed by atoms with E-state index >= 15 is 0 Å². The highest BCUT2D eigenvalue weighted by Crippen LogP contribution is 2.41. The summed E-state index contributed by atoms with van der Waals surface area (Å²) in [5, 5.41) is 2.93. The Morgan fingerprint density at radius 2 is 2.00 bits per heavy atom. The van der Waals surface area contributed by atoms with Crippen molar-refractivity contribution in [3.8, 4) is 0 Å². The zero-order valence-electron chi connectivity index (χ0n) is 16.0. The Hall–Kier alpha value is -2.99. The molecule has 146 valence electrons. The number of unbranched alkanes of at least 4 members (excludes halogenated alkanes) is 1. The van der Waals surface area contributed by atoms with Gasteiger partial charge in [0, 0.05) is 33.7 Å². The summed E-state index contributed by atoms with van der Waals surface area (Å²) >= 11 is 1.44. The van der Waals surface area contributed by atoms with Gasteiger partial charge in [-0.15, -0.1) is 0 Å². The van der Waals surface area contributed by atoms with Crippen LogP contribution in [-0.2, 0) is 0 Å². The van der Waals surface area contributed by atoms with Gasteiger partial charge in [-0.25, -0.2) is 9.38 Å². The number of nitrogens with one attached hydrogen (secondary N) is 1. The maximum atomic E-state index is 13.9. The van der Waals surface area contributed by atoms with Gasteiger partial charge in [-0.2, -0.15) is 0 Å². The molecule has 0 bridgehead atoms. The van der Waals surface area contributed by atoms with E-state index in [0.717, 1.165) is 28.2 Å². The predicted octanol–water partition coefficient (Wildman–Crippen LogP) is 5.38. The number of carbonyl (C=O) groups is 1. The van der Waals surface area contributed by atoms with Crippen molar-refractivity contribution in [1.82, 2.24) is 10.3 Å². The third-order valence-corrected chi connectivity index (χ3v) is 5.72. The van der Waals surface area contributed by atoms with Gasteiger partial charge in [0.1, 0.15) is 5.82 Å². The van der Waals surface area contributed by atoms with Crippen LogP contribution < -0.4 is 5.32 Å². The maximum Gasteiger partial charge on any atom is 0.251 e. The van der Waals surface area contributed by atoms with Gasteiger partial charge in [0.05, 0.1) is 17.1 Å². The molecule has 1 amide bonds.